The highest BCUT2D eigenvalue weighted by atomic mass is 15.2. The molecular weight excluding hydrogens is 164 g/mol. The molecule has 0 fully saturated rings. The van der Waals surface area contributed by atoms with E-state index in [-0.39, 0.29) is 0 Å². The molecule has 62 valence electrons. The summed E-state index contributed by atoms with van der Waals surface area (Å²) in [5.74, 6) is 0.712. The van der Waals surface area contributed by atoms with Crippen molar-refractivity contribution < 1.29 is 0 Å². The van der Waals surface area contributed by atoms with Crippen molar-refractivity contribution in [1.29, 1.82) is 5.26 Å². The molecule has 0 radical (unpaired) electrons. The molecule has 1 heterocycles. The minimum Gasteiger partial charge on any atom is -0.259 e. The van der Waals surface area contributed by atoms with Crippen molar-refractivity contribution in [1.82, 2.24) is 15.2 Å². The first-order valence-electron chi connectivity index (χ1n) is 3.76. The molecule has 2 aromatic rings. The van der Waals surface area contributed by atoms with E-state index >= 15 is 0 Å². The van der Waals surface area contributed by atoms with Crippen molar-refractivity contribution in [2.75, 3.05) is 0 Å². The normalized spacial score (nSPS) is 9.46. The largest absolute Gasteiger partial charge is 0.259 e. The summed E-state index contributed by atoms with van der Waals surface area (Å²) in [6, 6.07) is 9.21. The van der Waals surface area contributed by atoms with Crippen LogP contribution in [0, 0.1) is 11.3 Å². The summed E-state index contributed by atoms with van der Waals surface area (Å²) in [4.78, 5) is 3.99. The Balaban J connectivity index is 2.40. The van der Waals surface area contributed by atoms with Gasteiger partial charge in [0.25, 0.3) is 0 Å². The van der Waals surface area contributed by atoms with Gasteiger partial charge in [0.05, 0.1) is 11.6 Å². The molecule has 4 nitrogen and oxygen atoms in total. The third-order valence-electron chi connectivity index (χ3n) is 1.70. The number of rotatable bonds is 1. The minimum absolute atomic E-state index is 0.642. The van der Waals surface area contributed by atoms with E-state index in [4.69, 9.17) is 5.26 Å². The van der Waals surface area contributed by atoms with Crippen LogP contribution in [0.4, 0.5) is 0 Å². The van der Waals surface area contributed by atoms with Gasteiger partial charge in [0.2, 0.25) is 0 Å². The second-order valence-electron chi connectivity index (χ2n) is 2.52. The smallest absolute Gasteiger partial charge is 0.155 e. The van der Waals surface area contributed by atoms with E-state index in [0.29, 0.717) is 11.4 Å². The molecule has 1 aromatic carbocycles. The van der Waals surface area contributed by atoms with Gasteiger partial charge in [-0.2, -0.15) is 10.4 Å². The first kappa shape index (κ1) is 7.50. The number of nitrogens with zero attached hydrogens (tertiary/aromatic N) is 3. The molecule has 0 aliphatic rings. The number of nitrogens with one attached hydrogen (secondary N) is 1. The van der Waals surface area contributed by atoms with Crippen molar-refractivity contribution in [3.63, 3.8) is 0 Å². The maximum atomic E-state index is 8.57. The lowest BCUT2D eigenvalue weighted by atomic mass is 10.1. The first-order chi connectivity index (χ1) is 6.40. The highest BCUT2D eigenvalue weighted by Gasteiger charge is 1.98. The van der Waals surface area contributed by atoms with Crippen molar-refractivity contribution >= 4 is 0 Å². The lowest BCUT2D eigenvalue weighted by Crippen LogP contribution is -1.81. The molecular formula is C9H6N4. The molecule has 2 rings (SSSR count). The van der Waals surface area contributed by atoms with Crippen LogP contribution in [0.15, 0.2) is 30.6 Å². The van der Waals surface area contributed by atoms with Gasteiger partial charge in [-0.05, 0) is 24.3 Å². The molecule has 0 amide bonds. The van der Waals surface area contributed by atoms with E-state index in [0.717, 1.165) is 5.56 Å². The van der Waals surface area contributed by atoms with Gasteiger partial charge in [-0.3, -0.25) is 5.10 Å². The van der Waals surface area contributed by atoms with E-state index in [1.54, 1.807) is 12.1 Å². The number of aromatic amines is 1. The molecule has 0 bridgehead atoms. The zero-order valence-electron chi connectivity index (χ0n) is 6.73. The van der Waals surface area contributed by atoms with Crippen molar-refractivity contribution in [2.45, 2.75) is 0 Å². The predicted molar refractivity (Wildman–Crippen MR) is 46.5 cm³/mol. The second kappa shape index (κ2) is 3.07. The Hall–Kier alpha value is -2.15. The quantitative estimate of drug-likeness (QED) is 0.702. The third-order valence-corrected chi connectivity index (χ3v) is 1.70. The van der Waals surface area contributed by atoms with Crippen LogP contribution in [0.25, 0.3) is 11.4 Å². The molecule has 13 heavy (non-hydrogen) atoms. The molecule has 4 heteroatoms. The van der Waals surface area contributed by atoms with Crippen LogP contribution in [-0.4, -0.2) is 15.2 Å². The van der Waals surface area contributed by atoms with Crippen LogP contribution in [0.5, 0.6) is 0 Å². The van der Waals surface area contributed by atoms with Gasteiger partial charge in [-0.15, -0.1) is 0 Å². The SMILES string of the molecule is N#Cc1ccc(-c2ncn[nH]2)cc1. The lowest BCUT2D eigenvalue weighted by molar-refractivity contribution is 1.10. The summed E-state index contributed by atoms with van der Waals surface area (Å²) < 4.78 is 0. The van der Waals surface area contributed by atoms with Crippen LogP contribution in [0.1, 0.15) is 5.56 Å². The maximum Gasteiger partial charge on any atom is 0.155 e. The molecule has 0 aliphatic carbocycles. The summed E-state index contributed by atoms with van der Waals surface area (Å²) in [5, 5.41) is 15.1. The third kappa shape index (κ3) is 1.40. The number of hydrogen-bond acceptors (Lipinski definition) is 3. The average Bonchev–Trinajstić information content (AvgIpc) is 2.71. The molecule has 0 aliphatic heterocycles. The fraction of sp³-hybridized carbons (Fsp3) is 0. The van der Waals surface area contributed by atoms with Gasteiger partial charge in [0.15, 0.2) is 5.82 Å². The topological polar surface area (TPSA) is 65.4 Å². The number of benzene rings is 1. The van der Waals surface area contributed by atoms with Gasteiger partial charge in [0.1, 0.15) is 6.33 Å². The zero-order chi connectivity index (χ0) is 9.10. The van der Waals surface area contributed by atoms with Crippen molar-refractivity contribution in [3.05, 3.63) is 36.2 Å². The Morgan fingerprint density at radius 3 is 2.54 bits per heavy atom. The van der Waals surface area contributed by atoms with Gasteiger partial charge in [-0.25, -0.2) is 4.98 Å². The van der Waals surface area contributed by atoms with Gasteiger partial charge >= 0.3 is 0 Å². The highest BCUT2D eigenvalue weighted by molar-refractivity contribution is 5.55. The summed E-state index contributed by atoms with van der Waals surface area (Å²) in [7, 11) is 0. The molecule has 0 unspecified atom stereocenters. The average molecular weight is 170 g/mol. The minimum atomic E-state index is 0.642. The fourth-order valence-corrected chi connectivity index (χ4v) is 1.05. The van der Waals surface area contributed by atoms with E-state index in [1.807, 2.05) is 12.1 Å². The summed E-state index contributed by atoms with van der Waals surface area (Å²) >= 11 is 0. The first-order valence-corrected chi connectivity index (χ1v) is 3.76. The van der Waals surface area contributed by atoms with Gasteiger partial charge in [0, 0.05) is 5.56 Å². The van der Waals surface area contributed by atoms with E-state index in [9.17, 15) is 0 Å². The number of nitriles is 1. The lowest BCUT2D eigenvalue weighted by Gasteiger charge is -1.94. The molecule has 0 atom stereocenters. The molecule has 0 spiro atoms. The molecule has 1 N–H and O–H groups in total. The second-order valence-corrected chi connectivity index (χ2v) is 2.52. The molecule has 0 saturated carbocycles. The van der Waals surface area contributed by atoms with Crippen LogP contribution in [0.2, 0.25) is 0 Å². The van der Waals surface area contributed by atoms with Crippen LogP contribution < -0.4 is 0 Å². The van der Waals surface area contributed by atoms with Crippen LogP contribution in [-0.2, 0) is 0 Å². The number of aromatic nitrogens is 3. The van der Waals surface area contributed by atoms with Crippen LogP contribution in [0.3, 0.4) is 0 Å². The molecule has 1 aromatic heterocycles. The van der Waals surface area contributed by atoms with Crippen molar-refractivity contribution in [2.24, 2.45) is 0 Å². The number of H-pyrrole nitrogens is 1. The van der Waals surface area contributed by atoms with E-state index < -0.39 is 0 Å². The standard InChI is InChI=1S/C9H6N4/c10-5-7-1-3-8(4-2-7)9-11-6-12-13-9/h1-4,6H,(H,11,12,13). The van der Waals surface area contributed by atoms with Crippen LogP contribution >= 0.6 is 0 Å². The Morgan fingerprint density at radius 2 is 2.00 bits per heavy atom. The fourth-order valence-electron chi connectivity index (χ4n) is 1.05. The number of hydrogen-bond donors (Lipinski definition) is 1. The Kier molecular flexibility index (Phi) is 1.77. The Morgan fingerprint density at radius 1 is 1.23 bits per heavy atom. The summed E-state index contributed by atoms with van der Waals surface area (Å²) in [6.07, 6.45) is 1.45. The Bertz CT molecular complexity index is 422. The summed E-state index contributed by atoms with van der Waals surface area (Å²) in [5.41, 5.74) is 1.57. The summed E-state index contributed by atoms with van der Waals surface area (Å²) in [6.45, 7) is 0. The maximum absolute atomic E-state index is 8.57. The van der Waals surface area contributed by atoms with E-state index in [1.165, 1.54) is 6.33 Å². The predicted octanol–water partition coefficient (Wildman–Crippen LogP) is 1.34. The van der Waals surface area contributed by atoms with E-state index in [2.05, 4.69) is 21.3 Å². The van der Waals surface area contributed by atoms with Crippen molar-refractivity contribution in [3.8, 4) is 17.5 Å². The monoisotopic (exact) mass is 170 g/mol. The van der Waals surface area contributed by atoms with Gasteiger partial charge < -0.3 is 0 Å². The van der Waals surface area contributed by atoms with Gasteiger partial charge in [-0.1, -0.05) is 0 Å². The molecule has 0 saturated heterocycles. The zero-order valence-corrected chi connectivity index (χ0v) is 6.73. The highest BCUT2D eigenvalue weighted by Crippen LogP contribution is 2.13. The Labute approximate surface area is 74.9 Å².